The van der Waals surface area contributed by atoms with Gasteiger partial charge in [0.1, 0.15) is 0 Å². The van der Waals surface area contributed by atoms with Crippen LogP contribution < -0.4 is 10.0 Å². The number of hydrogen-bond acceptors (Lipinski definition) is 4. The second-order valence-corrected chi connectivity index (χ2v) is 7.78. The van der Waals surface area contributed by atoms with Crippen molar-refractivity contribution in [2.24, 2.45) is 0 Å². The Hall–Kier alpha value is -2.40. The molecule has 6 nitrogen and oxygen atoms in total. The molecule has 0 radical (unpaired) electrons. The number of nitrogens with one attached hydrogen (secondary N) is 2. The van der Waals surface area contributed by atoms with Crippen LogP contribution in [-0.4, -0.2) is 20.9 Å². The molecule has 8 heteroatoms. The molecule has 2 aromatic carbocycles. The van der Waals surface area contributed by atoms with E-state index in [0.717, 1.165) is 5.56 Å². The van der Waals surface area contributed by atoms with Crippen molar-refractivity contribution >= 4 is 27.5 Å². The van der Waals surface area contributed by atoms with Gasteiger partial charge >= 0.3 is 0 Å². The number of hydrogen-bond donors (Lipinski definition) is 2. The lowest BCUT2D eigenvalue weighted by Crippen LogP contribution is -2.27. The van der Waals surface area contributed by atoms with Gasteiger partial charge in [-0.25, -0.2) is 13.1 Å². The molecule has 1 amide bonds. The van der Waals surface area contributed by atoms with Crippen molar-refractivity contribution in [2.75, 3.05) is 6.54 Å². The van der Waals surface area contributed by atoms with Crippen molar-refractivity contribution in [1.29, 1.82) is 5.26 Å². The number of carbonyl (C=O) groups is 1. The molecule has 0 fully saturated rings. The van der Waals surface area contributed by atoms with Crippen LogP contribution in [0.5, 0.6) is 0 Å². The summed E-state index contributed by atoms with van der Waals surface area (Å²) in [4.78, 5) is 12.4. The van der Waals surface area contributed by atoms with Crippen LogP contribution in [0.3, 0.4) is 0 Å². The zero-order chi connectivity index (χ0) is 19.2. The lowest BCUT2D eigenvalue weighted by atomic mass is 10.1. The fourth-order valence-electron chi connectivity index (χ4n) is 2.25. The van der Waals surface area contributed by atoms with E-state index in [2.05, 4.69) is 10.0 Å². The molecule has 26 heavy (non-hydrogen) atoms. The summed E-state index contributed by atoms with van der Waals surface area (Å²) in [6.07, 6.45) is 0.0844. The average molecular weight is 392 g/mol. The summed E-state index contributed by atoms with van der Waals surface area (Å²) in [5, 5.41) is 11.9. The van der Waals surface area contributed by atoms with Crippen molar-refractivity contribution in [2.45, 2.75) is 24.3 Å². The van der Waals surface area contributed by atoms with E-state index in [1.54, 1.807) is 18.2 Å². The van der Waals surface area contributed by atoms with Crippen molar-refractivity contribution in [3.05, 3.63) is 64.7 Å². The first-order valence-electron chi connectivity index (χ1n) is 7.86. The zero-order valence-corrected chi connectivity index (χ0v) is 15.6. The predicted molar refractivity (Wildman–Crippen MR) is 99.2 cm³/mol. The van der Waals surface area contributed by atoms with Crippen LogP contribution in [0, 0.1) is 11.3 Å². The van der Waals surface area contributed by atoms with E-state index in [4.69, 9.17) is 16.9 Å². The van der Waals surface area contributed by atoms with E-state index in [1.807, 2.05) is 19.1 Å². The van der Waals surface area contributed by atoms with Gasteiger partial charge in [-0.05, 0) is 48.9 Å². The summed E-state index contributed by atoms with van der Waals surface area (Å²) < 4.78 is 26.4. The molecule has 136 valence electrons. The summed E-state index contributed by atoms with van der Waals surface area (Å²) in [6.45, 7) is 1.87. The van der Waals surface area contributed by atoms with Gasteiger partial charge in [0.15, 0.2) is 0 Å². The quantitative estimate of drug-likeness (QED) is 0.708. The summed E-state index contributed by atoms with van der Waals surface area (Å²) in [5.41, 5.74) is 1.21. The number of benzene rings is 2. The molecular formula is C18H18ClN3O3S. The highest BCUT2D eigenvalue weighted by Crippen LogP contribution is 2.18. The van der Waals surface area contributed by atoms with Gasteiger partial charge in [0.2, 0.25) is 10.0 Å². The fraction of sp³-hybridized carbons (Fsp3) is 0.222. The highest BCUT2D eigenvalue weighted by Gasteiger charge is 2.16. The molecule has 1 unspecified atom stereocenters. The van der Waals surface area contributed by atoms with Crippen LogP contribution in [0.25, 0.3) is 0 Å². The molecule has 0 saturated heterocycles. The fourth-order valence-corrected chi connectivity index (χ4v) is 3.48. The molecule has 2 N–H and O–H groups in total. The second kappa shape index (κ2) is 8.81. The SMILES string of the molecule is CC(NC(=O)c1ccc(S(=O)(=O)NCCC#N)cc1)c1cccc(Cl)c1. The normalized spacial score (nSPS) is 12.2. The highest BCUT2D eigenvalue weighted by molar-refractivity contribution is 7.89. The topological polar surface area (TPSA) is 99.1 Å². The summed E-state index contributed by atoms with van der Waals surface area (Å²) in [6, 6.07) is 14.4. The van der Waals surface area contributed by atoms with Gasteiger partial charge in [-0.15, -0.1) is 0 Å². The molecule has 0 spiro atoms. The molecule has 0 bridgehead atoms. The molecule has 0 saturated carbocycles. The Morgan fingerprint density at radius 2 is 1.92 bits per heavy atom. The molecule has 0 aliphatic rings. The van der Waals surface area contributed by atoms with Gasteiger partial charge in [0.05, 0.1) is 17.0 Å². The van der Waals surface area contributed by atoms with Crippen molar-refractivity contribution in [3.63, 3.8) is 0 Å². The molecule has 1 atom stereocenters. The lowest BCUT2D eigenvalue weighted by Gasteiger charge is -2.15. The molecule has 0 aliphatic heterocycles. The van der Waals surface area contributed by atoms with E-state index in [9.17, 15) is 13.2 Å². The van der Waals surface area contributed by atoms with Gasteiger partial charge < -0.3 is 5.32 Å². The minimum absolute atomic E-state index is 0.0369. The Morgan fingerprint density at radius 1 is 1.23 bits per heavy atom. The number of halogens is 1. The van der Waals surface area contributed by atoms with Gasteiger partial charge in [-0.3, -0.25) is 4.79 Å². The van der Waals surface area contributed by atoms with Crippen LogP contribution in [0.2, 0.25) is 5.02 Å². The number of nitrogens with zero attached hydrogens (tertiary/aromatic N) is 1. The van der Waals surface area contributed by atoms with Gasteiger partial charge in [-0.1, -0.05) is 23.7 Å². The molecule has 0 heterocycles. The summed E-state index contributed by atoms with van der Waals surface area (Å²) >= 11 is 5.95. The van der Waals surface area contributed by atoms with Crippen LogP contribution in [0.1, 0.15) is 35.3 Å². The van der Waals surface area contributed by atoms with Crippen LogP contribution >= 0.6 is 11.6 Å². The first-order chi connectivity index (χ1) is 12.3. The van der Waals surface area contributed by atoms with Crippen LogP contribution in [0.4, 0.5) is 0 Å². The molecule has 2 aromatic rings. The summed E-state index contributed by atoms with van der Waals surface area (Å²) in [7, 11) is -3.69. The Labute approximate surface area is 157 Å². The smallest absolute Gasteiger partial charge is 0.251 e. The van der Waals surface area contributed by atoms with Gasteiger partial charge in [0, 0.05) is 23.6 Å². The molecular weight excluding hydrogens is 374 g/mol. The van der Waals surface area contributed by atoms with E-state index in [0.29, 0.717) is 10.6 Å². The lowest BCUT2D eigenvalue weighted by molar-refractivity contribution is 0.0940. The van der Waals surface area contributed by atoms with Crippen molar-refractivity contribution in [1.82, 2.24) is 10.0 Å². The number of rotatable bonds is 7. The second-order valence-electron chi connectivity index (χ2n) is 5.58. The largest absolute Gasteiger partial charge is 0.346 e. The predicted octanol–water partition coefficient (Wildman–Crippen LogP) is 3.02. The third kappa shape index (κ3) is 5.30. The number of nitriles is 1. The Balaban J connectivity index is 2.05. The van der Waals surface area contributed by atoms with Crippen molar-refractivity contribution < 1.29 is 13.2 Å². The maximum atomic E-state index is 12.3. The van der Waals surface area contributed by atoms with Crippen LogP contribution in [-0.2, 0) is 10.0 Å². The Morgan fingerprint density at radius 3 is 2.54 bits per heavy atom. The standard InChI is InChI=1S/C18H18ClN3O3S/c1-13(15-4-2-5-16(19)12-15)22-18(23)14-6-8-17(9-7-14)26(24,25)21-11-3-10-20/h2,4-9,12-13,21H,3,11H2,1H3,(H,22,23). The third-order valence-corrected chi connectivity index (χ3v) is 5.36. The maximum Gasteiger partial charge on any atom is 0.251 e. The molecule has 0 aliphatic carbocycles. The van der Waals surface area contributed by atoms with Gasteiger partial charge in [0.25, 0.3) is 5.91 Å². The highest BCUT2D eigenvalue weighted by atomic mass is 35.5. The average Bonchev–Trinajstić information content (AvgIpc) is 2.62. The zero-order valence-electron chi connectivity index (χ0n) is 14.1. The Kier molecular flexibility index (Phi) is 6.75. The monoisotopic (exact) mass is 391 g/mol. The maximum absolute atomic E-state index is 12.3. The first kappa shape index (κ1) is 19.9. The number of amides is 1. The first-order valence-corrected chi connectivity index (χ1v) is 9.72. The van der Waals surface area contributed by atoms with Gasteiger partial charge in [-0.2, -0.15) is 5.26 Å². The minimum Gasteiger partial charge on any atom is -0.346 e. The minimum atomic E-state index is -3.69. The van der Waals surface area contributed by atoms with E-state index in [1.165, 1.54) is 24.3 Å². The van der Waals surface area contributed by atoms with E-state index in [-0.39, 0.29) is 29.8 Å². The number of sulfonamides is 1. The third-order valence-electron chi connectivity index (χ3n) is 3.65. The Bertz CT molecular complexity index is 921. The van der Waals surface area contributed by atoms with Crippen molar-refractivity contribution in [3.8, 4) is 6.07 Å². The van der Waals surface area contributed by atoms with E-state index < -0.39 is 10.0 Å². The summed E-state index contributed by atoms with van der Waals surface area (Å²) in [5.74, 6) is -0.320. The molecule has 0 aromatic heterocycles. The molecule has 2 rings (SSSR count). The number of carbonyl (C=O) groups excluding carboxylic acids is 1. The van der Waals surface area contributed by atoms with E-state index >= 15 is 0 Å². The van der Waals surface area contributed by atoms with Crippen LogP contribution in [0.15, 0.2) is 53.4 Å².